The highest BCUT2D eigenvalue weighted by molar-refractivity contribution is 5.89. The first-order chi connectivity index (χ1) is 17.5. The van der Waals surface area contributed by atoms with E-state index in [9.17, 15) is 9.90 Å². The Morgan fingerprint density at radius 1 is 1.00 bits per heavy atom. The molecular weight excluding hydrogens is 442 g/mol. The zero-order valence-electron chi connectivity index (χ0n) is 21.2. The molecule has 36 heavy (non-hydrogen) atoms. The predicted molar refractivity (Wildman–Crippen MR) is 148 cm³/mol. The number of rotatable bonds is 8. The highest BCUT2D eigenvalue weighted by Gasteiger charge is 2.28. The summed E-state index contributed by atoms with van der Waals surface area (Å²) in [7, 11) is 0. The Hall–Kier alpha value is -3.43. The average molecular weight is 478 g/mol. The minimum atomic E-state index is -0.846. The van der Waals surface area contributed by atoms with Crippen LogP contribution in [0.15, 0.2) is 84.9 Å². The average Bonchev–Trinajstić information content (AvgIpc) is 2.90. The van der Waals surface area contributed by atoms with Crippen molar-refractivity contribution in [2.45, 2.75) is 51.5 Å². The second-order valence-electron chi connectivity index (χ2n) is 10.3. The Morgan fingerprint density at radius 2 is 1.78 bits per heavy atom. The van der Waals surface area contributed by atoms with Crippen LogP contribution in [0.25, 0.3) is 10.8 Å². The van der Waals surface area contributed by atoms with Crippen LogP contribution >= 0.6 is 0 Å². The summed E-state index contributed by atoms with van der Waals surface area (Å²) in [6.45, 7) is 5.12. The molecule has 3 heteroatoms. The Bertz CT molecular complexity index is 1370. The third-order valence-electron chi connectivity index (χ3n) is 7.93. The van der Waals surface area contributed by atoms with Crippen LogP contribution in [0, 0.1) is 12.8 Å². The van der Waals surface area contributed by atoms with Gasteiger partial charge in [0.25, 0.3) is 0 Å². The maximum atomic E-state index is 11.8. The van der Waals surface area contributed by atoms with Crippen LogP contribution in [-0.2, 0) is 6.42 Å². The Kier molecular flexibility index (Phi) is 7.20. The van der Waals surface area contributed by atoms with Gasteiger partial charge in [-0.3, -0.25) is 0 Å². The van der Waals surface area contributed by atoms with E-state index >= 15 is 0 Å². The molecule has 0 aliphatic heterocycles. The molecule has 4 aromatic rings. The van der Waals surface area contributed by atoms with Crippen LogP contribution in [-0.4, -0.2) is 17.6 Å². The van der Waals surface area contributed by atoms with Gasteiger partial charge in [0.2, 0.25) is 0 Å². The van der Waals surface area contributed by atoms with Gasteiger partial charge in [-0.15, -0.1) is 0 Å². The first-order valence-corrected chi connectivity index (χ1v) is 13.1. The highest BCUT2D eigenvalue weighted by atomic mass is 16.4. The number of carbonyl (C=O) groups is 1. The molecule has 1 unspecified atom stereocenters. The standard InChI is InChI=1S/C33H35NO2/c1-22-16-17-27(21-31(22)33(35)36)32-20-24(19-26-11-4-6-14-30(26)32)9-8-18-34-23(2)28-15-7-12-25-10-3-5-13-29(25)28/h3-7,10-17,21,23-24,32,34H,8-9,18-20H2,1-2H3,(H,35,36)/t23-,24-,32?/m1/s1. The van der Waals surface area contributed by atoms with Crippen LogP contribution in [0.1, 0.15) is 76.3 Å². The summed E-state index contributed by atoms with van der Waals surface area (Å²) in [6.07, 6.45) is 4.46. The Balaban J connectivity index is 1.25. The van der Waals surface area contributed by atoms with Crippen LogP contribution in [0.3, 0.4) is 0 Å². The second-order valence-corrected chi connectivity index (χ2v) is 10.3. The molecule has 0 radical (unpaired) electrons. The number of nitrogens with one attached hydrogen (secondary N) is 1. The summed E-state index contributed by atoms with van der Waals surface area (Å²) in [6, 6.07) is 30.2. The summed E-state index contributed by atoms with van der Waals surface area (Å²) in [5.74, 6) is -0.00302. The number of carboxylic acid groups (broad SMARTS) is 1. The summed E-state index contributed by atoms with van der Waals surface area (Å²) in [5, 5.41) is 16.0. The van der Waals surface area contributed by atoms with Gasteiger partial charge in [0.05, 0.1) is 5.56 Å². The monoisotopic (exact) mass is 477 g/mol. The first-order valence-electron chi connectivity index (χ1n) is 13.1. The molecule has 0 aromatic heterocycles. The third-order valence-corrected chi connectivity index (χ3v) is 7.93. The molecule has 2 N–H and O–H groups in total. The van der Waals surface area contributed by atoms with E-state index in [1.54, 1.807) is 0 Å². The number of hydrogen-bond donors (Lipinski definition) is 2. The topological polar surface area (TPSA) is 49.3 Å². The van der Waals surface area contributed by atoms with E-state index in [1.165, 1.54) is 27.5 Å². The fourth-order valence-electron chi connectivity index (χ4n) is 5.98. The Morgan fingerprint density at radius 3 is 2.64 bits per heavy atom. The molecule has 0 saturated carbocycles. The summed E-state index contributed by atoms with van der Waals surface area (Å²) >= 11 is 0. The molecule has 3 nitrogen and oxygen atoms in total. The minimum Gasteiger partial charge on any atom is -0.478 e. The van der Waals surface area contributed by atoms with Gasteiger partial charge in [-0.05, 0) is 96.6 Å². The molecule has 0 bridgehead atoms. The highest BCUT2D eigenvalue weighted by Crippen LogP contribution is 2.41. The number of benzene rings is 4. The summed E-state index contributed by atoms with van der Waals surface area (Å²) in [4.78, 5) is 11.8. The van der Waals surface area contributed by atoms with Gasteiger partial charge in [0.15, 0.2) is 0 Å². The van der Waals surface area contributed by atoms with Crippen molar-refractivity contribution in [1.82, 2.24) is 5.32 Å². The number of aryl methyl sites for hydroxylation is 1. The van der Waals surface area contributed by atoms with E-state index in [2.05, 4.69) is 85.0 Å². The lowest BCUT2D eigenvalue weighted by molar-refractivity contribution is 0.0696. The molecule has 1 aliphatic rings. The van der Waals surface area contributed by atoms with Gasteiger partial charge in [-0.1, -0.05) is 78.9 Å². The van der Waals surface area contributed by atoms with Gasteiger partial charge in [0.1, 0.15) is 0 Å². The fourth-order valence-corrected chi connectivity index (χ4v) is 5.98. The van der Waals surface area contributed by atoms with Gasteiger partial charge in [-0.2, -0.15) is 0 Å². The van der Waals surface area contributed by atoms with Crippen molar-refractivity contribution in [3.8, 4) is 0 Å². The lowest BCUT2D eigenvalue weighted by Crippen LogP contribution is -2.23. The summed E-state index contributed by atoms with van der Waals surface area (Å²) in [5.41, 5.74) is 6.48. The lowest BCUT2D eigenvalue weighted by atomic mass is 9.72. The first kappa shape index (κ1) is 24.3. The van der Waals surface area contributed by atoms with E-state index in [1.807, 2.05) is 19.1 Å². The van der Waals surface area contributed by atoms with E-state index in [0.717, 1.165) is 43.4 Å². The number of fused-ring (bicyclic) bond motifs is 2. The van der Waals surface area contributed by atoms with Crippen LogP contribution in [0.5, 0.6) is 0 Å². The largest absolute Gasteiger partial charge is 0.478 e. The van der Waals surface area contributed by atoms with E-state index in [-0.39, 0.29) is 5.92 Å². The molecule has 0 fully saturated rings. The van der Waals surface area contributed by atoms with Crippen molar-refractivity contribution < 1.29 is 9.90 Å². The lowest BCUT2D eigenvalue weighted by Gasteiger charge is -2.32. The molecule has 0 heterocycles. The van der Waals surface area contributed by atoms with Crippen LogP contribution in [0.4, 0.5) is 0 Å². The van der Waals surface area contributed by atoms with Crippen LogP contribution in [0.2, 0.25) is 0 Å². The minimum absolute atomic E-state index is 0.251. The van der Waals surface area contributed by atoms with Gasteiger partial charge in [-0.25, -0.2) is 4.79 Å². The van der Waals surface area contributed by atoms with Crippen molar-refractivity contribution in [1.29, 1.82) is 0 Å². The quantitative estimate of drug-likeness (QED) is 0.256. The molecule has 0 spiro atoms. The molecule has 0 amide bonds. The van der Waals surface area contributed by atoms with Crippen molar-refractivity contribution >= 4 is 16.7 Å². The van der Waals surface area contributed by atoms with Gasteiger partial charge < -0.3 is 10.4 Å². The van der Waals surface area contributed by atoms with Crippen molar-refractivity contribution in [3.05, 3.63) is 118 Å². The predicted octanol–water partition coefficient (Wildman–Crippen LogP) is 7.67. The number of hydrogen-bond acceptors (Lipinski definition) is 2. The molecule has 1 aliphatic carbocycles. The maximum Gasteiger partial charge on any atom is 0.335 e. The number of carboxylic acids is 1. The smallest absolute Gasteiger partial charge is 0.335 e. The van der Waals surface area contributed by atoms with E-state index < -0.39 is 5.97 Å². The SMILES string of the molecule is Cc1ccc(C2C[C@H](CCCN[C@H](C)c3cccc4ccccc34)Cc3ccccc32)cc1C(=O)O. The summed E-state index contributed by atoms with van der Waals surface area (Å²) < 4.78 is 0. The van der Waals surface area contributed by atoms with Gasteiger partial charge >= 0.3 is 5.97 Å². The molecule has 184 valence electrons. The number of aromatic carboxylic acids is 1. The molecule has 5 rings (SSSR count). The van der Waals surface area contributed by atoms with E-state index in [0.29, 0.717) is 17.5 Å². The maximum absolute atomic E-state index is 11.8. The second kappa shape index (κ2) is 10.7. The van der Waals surface area contributed by atoms with Crippen LogP contribution < -0.4 is 5.32 Å². The van der Waals surface area contributed by atoms with Crippen molar-refractivity contribution in [3.63, 3.8) is 0 Å². The fraction of sp³-hybridized carbons (Fsp3) is 0.303. The molecular formula is C33H35NO2. The third kappa shape index (κ3) is 5.08. The molecule has 4 aromatic carbocycles. The zero-order valence-corrected chi connectivity index (χ0v) is 21.2. The normalized spacial score (nSPS) is 18.1. The molecule has 3 atom stereocenters. The zero-order chi connectivity index (χ0) is 25.1. The van der Waals surface area contributed by atoms with Crippen molar-refractivity contribution in [2.75, 3.05) is 6.54 Å². The van der Waals surface area contributed by atoms with E-state index in [4.69, 9.17) is 0 Å². The van der Waals surface area contributed by atoms with Crippen molar-refractivity contribution in [2.24, 2.45) is 5.92 Å². The van der Waals surface area contributed by atoms with Gasteiger partial charge in [0, 0.05) is 12.0 Å². The molecule has 0 saturated heterocycles. The Labute approximate surface area is 214 Å².